The van der Waals surface area contributed by atoms with Crippen molar-refractivity contribution in [2.75, 3.05) is 37.4 Å². The van der Waals surface area contributed by atoms with Crippen molar-refractivity contribution < 1.29 is 33.8 Å². The number of methoxy groups -OCH3 is 1. The van der Waals surface area contributed by atoms with Crippen molar-refractivity contribution in [3.8, 4) is 22.6 Å². The van der Waals surface area contributed by atoms with Gasteiger partial charge in [0.25, 0.3) is 17.7 Å². The Balaban J connectivity index is 0.993. The smallest absolute Gasteiger partial charge is 0.291 e. The zero-order valence-corrected chi connectivity index (χ0v) is 30.0. The van der Waals surface area contributed by atoms with Gasteiger partial charge in [-0.3, -0.25) is 24.2 Å². The summed E-state index contributed by atoms with van der Waals surface area (Å²) in [7, 11) is 4.92. The number of rotatable bonds is 13. The van der Waals surface area contributed by atoms with E-state index < -0.39 is 12.0 Å². The Hall–Kier alpha value is -6.22. The maximum atomic E-state index is 13.2. The molecule has 1 unspecified atom stereocenters. The lowest BCUT2D eigenvalue weighted by atomic mass is 10.1. The zero-order chi connectivity index (χ0) is 37.8. The van der Waals surface area contributed by atoms with Crippen LogP contribution >= 0.6 is 0 Å². The molecule has 1 saturated heterocycles. The fraction of sp³-hybridized carbons (Fsp3) is 0.316. The van der Waals surface area contributed by atoms with Crippen LogP contribution in [0.5, 0.6) is 11.5 Å². The fourth-order valence-corrected chi connectivity index (χ4v) is 6.17. The van der Waals surface area contributed by atoms with Gasteiger partial charge in [0.05, 0.1) is 37.1 Å². The van der Waals surface area contributed by atoms with Crippen LogP contribution in [0.4, 0.5) is 17.2 Å². The number of aliphatic imine (C=N–C) groups is 1. The van der Waals surface area contributed by atoms with Crippen molar-refractivity contribution in [3.63, 3.8) is 0 Å². The minimum Gasteiger partial charge on any atom is -0.493 e. The van der Waals surface area contributed by atoms with E-state index in [1.54, 1.807) is 73.2 Å². The fourth-order valence-electron chi connectivity index (χ4n) is 6.17. The monoisotopic (exact) mass is 722 g/mol. The molecule has 0 bridgehead atoms. The number of aromatic nitrogens is 3. The average molecular weight is 723 g/mol. The van der Waals surface area contributed by atoms with Crippen molar-refractivity contribution in [2.45, 2.75) is 38.3 Å². The highest BCUT2D eigenvalue weighted by molar-refractivity contribution is 6.04. The summed E-state index contributed by atoms with van der Waals surface area (Å²) in [6.45, 7) is 6.46. The number of fused-ring (bicyclic) bond motifs is 2. The molecule has 2 atom stereocenters. The Bertz CT molecular complexity index is 2100. The molecule has 15 heteroatoms. The number of amides is 4. The highest BCUT2D eigenvalue weighted by Crippen LogP contribution is 2.38. The minimum atomic E-state index is -0.648. The van der Waals surface area contributed by atoms with Gasteiger partial charge in [-0.05, 0) is 49.6 Å². The van der Waals surface area contributed by atoms with Gasteiger partial charge in [-0.15, -0.1) is 0 Å². The number of hydrogen-bond donors (Lipinski definition) is 4. The lowest BCUT2D eigenvalue weighted by Crippen LogP contribution is -2.35. The molecular formula is C38H42N8O7. The van der Waals surface area contributed by atoms with Crippen LogP contribution in [-0.4, -0.2) is 92.9 Å². The van der Waals surface area contributed by atoms with Crippen molar-refractivity contribution >= 4 is 47.0 Å². The number of ether oxygens (including phenoxy) is 2. The maximum Gasteiger partial charge on any atom is 0.291 e. The average Bonchev–Trinajstić information content (AvgIpc) is 3.81. The molecule has 0 aliphatic carbocycles. The Labute approximate surface area is 306 Å². The van der Waals surface area contributed by atoms with E-state index in [1.165, 1.54) is 11.7 Å². The minimum absolute atomic E-state index is 0.102. The third-order valence-corrected chi connectivity index (χ3v) is 8.88. The maximum absolute atomic E-state index is 13.2. The van der Waals surface area contributed by atoms with Crippen LogP contribution in [0.25, 0.3) is 11.1 Å². The number of aliphatic hydroxyl groups is 1. The number of benzene rings is 2. The van der Waals surface area contributed by atoms with Gasteiger partial charge in [0.2, 0.25) is 11.7 Å². The second kappa shape index (κ2) is 15.6. The lowest BCUT2D eigenvalue weighted by Gasteiger charge is -2.20. The Morgan fingerprint density at radius 3 is 2.53 bits per heavy atom. The predicted octanol–water partition coefficient (Wildman–Crippen LogP) is 4.08. The second-order valence-electron chi connectivity index (χ2n) is 13.1. The summed E-state index contributed by atoms with van der Waals surface area (Å²) >= 11 is 0. The summed E-state index contributed by atoms with van der Waals surface area (Å²) in [5, 5.41) is 17.7. The summed E-state index contributed by atoms with van der Waals surface area (Å²) in [5.74, 6) is -0.0381. The molecular weight excluding hydrogens is 680 g/mol. The molecule has 4 heterocycles. The number of carbonyl (C=O) groups is 4. The molecule has 2 aromatic heterocycles. The first-order chi connectivity index (χ1) is 25.4. The molecule has 1 fully saturated rings. The van der Waals surface area contributed by atoms with E-state index in [0.29, 0.717) is 53.5 Å². The molecule has 2 aliphatic heterocycles. The molecule has 0 radical (unpaired) electrons. The number of aliphatic hydroxyl groups excluding tert-OH is 1. The topological polar surface area (TPSA) is 181 Å². The van der Waals surface area contributed by atoms with Crippen LogP contribution in [0, 0.1) is 0 Å². The van der Waals surface area contributed by atoms with Crippen LogP contribution in [0.2, 0.25) is 0 Å². The van der Waals surface area contributed by atoms with Gasteiger partial charge in [-0.1, -0.05) is 24.3 Å². The van der Waals surface area contributed by atoms with Crippen LogP contribution in [0.1, 0.15) is 57.7 Å². The molecule has 15 nitrogen and oxygen atoms in total. The highest BCUT2D eigenvalue weighted by atomic mass is 16.5. The van der Waals surface area contributed by atoms with Crippen LogP contribution < -0.4 is 25.4 Å². The van der Waals surface area contributed by atoms with Crippen molar-refractivity contribution in [2.24, 2.45) is 19.1 Å². The number of nitrogens with one attached hydrogen (secondary N) is 3. The molecule has 276 valence electrons. The summed E-state index contributed by atoms with van der Waals surface area (Å²) in [6.07, 6.45) is 5.69. The number of carbonyl (C=O) groups excluding carboxylic acids is 4. The molecule has 0 saturated carbocycles. The SMILES string of the molecule is C=C1C[C@H]2C=Nc3cc(OCCCC(=O)Nc4cn(C)c(C(=O)Nc5ccc(-c6cc(C(=O)NCC(C)O)n(C)c6)cc5)n4)c(OC)cc3C(=O)N2C1. The van der Waals surface area contributed by atoms with Gasteiger partial charge in [0.15, 0.2) is 17.3 Å². The Morgan fingerprint density at radius 1 is 1.02 bits per heavy atom. The van der Waals surface area contributed by atoms with Gasteiger partial charge in [0, 0.05) is 69.5 Å². The van der Waals surface area contributed by atoms with E-state index >= 15 is 0 Å². The first-order valence-electron chi connectivity index (χ1n) is 17.1. The Morgan fingerprint density at radius 2 is 1.79 bits per heavy atom. The Kier molecular flexibility index (Phi) is 10.7. The number of nitrogens with zero attached hydrogens (tertiary/aromatic N) is 5. The molecule has 4 N–H and O–H groups in total. The second-order valence-corrected chi connectivity index (χ2v) is 13.1. The molecule has 0 spiro atoms. The molecule has 53 heavy (non-hydrogen) atoms. The van der Waals surface area contributed by atoms with E-state index in [1.807, 2.05) is 18.3 Å². The van der Waals surface area contributed by atoms with Crippen molar-refractivity contribution in [1.29, 1.82) is 0 Å². The van der Waals surface area contributed by atoms with Crippen LogP contribution in [0.3, 0.4) is 0 Å². The van der Waals surface area contributed by atoms with Crippen LogP contribution in [-0.2, 0) is 18.9 Å². The number of imidazole rings is 1. The molecule has 6 rings (SSSR count). The zero-order valence-electron chi connectivity index (χ0n) is 30.0. The summed E-state index contributed by atoms with van der Waals surface area (Å²) in [4.78, 5) is 62.1. The first-order valence-corrected chi connectivity index (χ1v) is 17.1. The normalized spacial score (nSPS) is 15.3. The first kappa shape index (κ1) is 36.6. The van der Waals surface area contributed by atoms with Crippen molar-refractivity contribution in [1.82, 2.24) is 24.3 Å². The van der Waals surface area contributed by atoms with E-state index in [2.05, 4.69) is 32.5 Å². The standard InChI is InChI=1S/C38H42N8O7/c1-22-13-27-18-39-29-16-32(31(52-5)15-28(29)38(51)46(27)19-22)53-12-6-7-34(48)42-33-21-45(4)35(43-33)37(50)41-26-10-8-24(9-11-26)25-14-30(44(3)20-25)36(49)40-17-23(2)47/h8-11,14-16,18,20-21,23,27,47H,1,6-7,12-13,17,19H2,2-5H3,(H,40,49)(H,41,50)(H,42,48)/t23?,27-/m0/s1. The molecule has 4 amide bonds. The van der Waals surface area contributed by atoms with Gasteiger partial charge in [-0.2, -0.15) is 0 Å². The van der Waals surface area contributed by atoms with Gasteiger partial charge >= 0.3 is 0 Å². The number of hydrogen-bond acceptors (Lipinski definition) is 9. The number of anilines is 2. The van der Waals surface area contributed by atoms with Crippen LogP contribution in [0.15, 0.2) is 72.0 Å². The lowest BCUT2D eigenvalue weighted by molar-refractivity contribution is -0.116. The van der Waals surface area contributed by atoms with E-state index in [0.717, 1.165) is 16.7 Å². The van der Waals surface area contributed by atoms with E-state index in [4.69, 9.17) is 9.47 Å². The predicted molar refractivity (Wildman–Crippen MR) is 199 cm³/mol. The quantitative estimate of drug-likeness (QED) is 0.118. The largest absolute Gasteiger partial charge is 0.493 e. The summed E-state index contributed by atoms with van der Waals surface area (Å²) in [5.41, 5.74) is 4.56. The van der Waals surface area contributed by atoms with E-state index in [-0.39, 0.29) is 55.0 Å². The molecule has 2 aliphatic rings. The summed E-state index contributed by atoms with van der Waals surface area (Å²) in [6, 6.07) is 12.1. The third-order valence-electron chi connectivity index (χ3n) is 8.88. The third kappa shape index (κ3) is 8.31. The molecule has 4 aromatic rings. The number of aryl methyl sites for hydroxylation is 2. The highest BCUT2D eigenvalue weighted by Gasteiger charge is 2.34. The van der Waals surface area contributed by atoms with Gasteiger partial charge in [0.1, 0.15) is 5.69 Å². The molecule has 2 aromatic carbocycles. The summed E-state index contributed by atoms with van der Waals surface area (Å²) < 4.78 is 14.7. The van der Waals surface area contributed by atoms with E-state index in [9.17, 15) is 24.3 Å². The van der Waals surface area contributed by atoms with Crippen molar-refractivity contribution in [3.05, 3.63) is 84.1 Å². The van der Waals surface area contributed by atoms with Gasteiger partial charge in [-0.25, -0.2) is 4.98 Å². The van der Waals surface area contributed by atoms with Gasteiger partial charge < -0.3 is 44.6 Å².